The molecule has 132 valence electrons. The summed E-state index contributed by atoms with van der Waals surface area (Å²) in [6.07, 6.45) is -5.40. The summed E-state index contributed by atoms with van der Waals surface area (Å²) in [5, 5.41) is 3.03. The topological polar surface area (TPSA) is 41.6 Å². The Labute approximate surface area is 143 Å². The van der Waals surface area contributed by atoms with Crippen LogP contribution in [0.5, 0.6) is 5.75 Å². The number of carbonyl (C=O) groups is 1. The maximum absolute atomic E-state index is 13.0. The smallest absolute Gasteiger partial charge is 0.406 e. The molecule has 0 bridgehead atoms. The number of amides is 1. The minimum atomic E-state index is -4.49. The molecule has 4 nitrogen and oxygen atoms in total. The molecule has 0 spiro atoms. The highest BCUT2D eigenvalue weighted by Gasteiger charge is 2.40. The summed E-state index contributed by atoms with van der Waals surface area (Å²) < 4.78 is 44.4. The van der Waals surface area contributed by atoms with Gasteiger partial charge in [0.15, 0.2) is 0 Å². The number of carbonyl (C=O) groups excluding carboxylic acids is 1. The molecule has 1 heterocycles. The van der Waals surface area contributed by atoms with Gasteiger partial charge in [-0.05, 0) is 36.8 Å². The predicted molar refractivity (Wildman–Crippen MR) is 87.5 cm³/mol. The van der Waals surface area contributed by atoms with Gasteiger partial charge in [-0.3, -0.25) is 4.79 Å². The number of nitrogens with zero attached hydrogens (tertiary/aromatic N) is 1. The molecular formula is C18H17F3N2O2. The monoisotopic (exact) mass is 350 g/mol. The Morgan fingerprint density at radius 2 is 1.80 bits per heavy atom. The number of anilines is 1. The molecule has 0 saturated heterocycles. The highest BCUT2D eigenvalue weighted by Crippen LogP contribution is 2.35. The first-order valence-corrected chi connectivity index (χ1v) is 7.85. The van der Waals surface area contributed by atoms with Crippen LogP contribution in [0.25, 0.3) is 0 Å². The maximum Gasteiger partial charge on any atom is 0.406 e. The number of ether oxygens (including phenoxy) is 1. The van der Waals surface area contributed by atoms with Crippen LogP contribution >= 0.6 is 0 Å². The van der Waals surface area contributed by atoms with Gasteiger partial charge in [0.05, 0.1) is 12.2 Å². The van der Waals surface area contributed by atoms with Gasteiger partial charge in [0.1, 0.15) is 18.5 Å². The van der Waals surface area contributed by atoms with Crippen molar-refractivity contribution >= 4 is 11.6 Å². The highest BCUT2D eigenvalue weighted by atomic mass is 19.4. The van der Waals surface area contributed by atoms with Gasteiger partial charge in [-0.25, -0.2) is 0 Å². The zero-order valence-electron chi connectivity index (χ0n) is 13.5. The molecule has 1 atom stereocenters. The SMILES string of the molecule is CCOc1ccc([C@H]2Nc3ccccc3C(=O)N2CC(F)(F)F)cc1. The van der Waals surface area contributed by atoms with Gasteiger partial charge in [-0.15, -0.1) is 0 Å². The van der Waals surface area contributed by atoms with Crippen LogP contribution in [0, 0.1) is 0 Å². The molecule has 1 aliphatic rings. The molecule has 0 fully saturated rings. The summed E-state index contributed by atoms with van der Waals surface area (Å²) in [4.78, 5) is 13.4. The Bertz CT molecular complexity index is 760. The van der Waals surface area contributed by atoms with Gasteiger partial charge in [0.2, 0.25) is 0 Å². The standard InChI is InChI=1S/C18H17F3N2O2/c1-2-25-13-9-7-12(8-10-13)16-22-15-6-4-3-5-14(15)17(24)23(16)11-18(19,20)21/h3-10,16,22H,2,11H2,1H3/t16-/m0/s1. The molecule has 1 amide bonds. The van der Waals surface area contributed by atoms with Crippen molar-refractivity contribution in [2.75, 3.05) is 18.5 Å². The molecule has 0 unspecified atom stereocenters. The Hall–Kier alpha value is -2.70. The van der Waals surface area contributed by atoms with E-state index in [4.69, 9.17) is 4.74 Å². The van der Waals surface area contributed by atoms with Crippen molar-refractivity contribution in [1.82, 2.24) is 4.90 Å². The van der Waals surface area contributed by atoms with E-state index in [1.807, 2.05) is 6.92 Å². The first-order chi connectivity index (χ1) is 11.9. The zero-order chi connectivity index (χ0) is 18.0. The van der Waals surface area contributed by atoms with E-state index in [0.29, 0.717) is 23.6 Å². The number of hydrogen-bond acceptors (Lipinski definition) is 3. The largest absolute Gasteiger partial charge is 0.494 e. The highest BCUT2D eigenvalue weighted by molar-refractivity contribution is 6.01. The van der Waals surface area contributed by atoms with Crippen molar-refractivity contribution in [3.63, 3.8) is 0 Å². The fourth-order valence-corrected chi connectivity index (χ4v) is 2.83. The number of nitrogens with one attached hydrogen (secondary N) is 1. The number of alkyl halides is 3. The van der Waals surface area contributed by atoms with E-state index in [2.05, 4.69) is 5.32 Å². The van der Waals surface area contributed by atoms with Gasteiger partial charge in [0, 0.05) is 5.69 Å². The molecule has 1 aliphatic heterocycles. The van der Waals surface area contributed by atoms with Crippen LogP contribution in [0.2, 0.25) is 0 Å². The quantitative estimate of drug-likeness (QED) is 0.898. The number of hydrogen-bond donors (Lipinski definition) is 1. The molecular weight excluding hydrogens is 333 g/mol. The Balaban J connectivity index is 1.98. The molecule has 0 saturated carbocycles. The number of halogens is 3. The van der Waals surface area contributed by atoms with E-state index in [0.717, 1.165) is 4.90 Å². The maximum atomic E-state index is 13.0. The van der Waals surface area contributed by atoms with Crippen molar-refractivity contribution in [2.24, 2.45) is 0 Å². The fourth-order valence-electron chi connectivity index (χ4n) is 2.83. The van der Waals surface area contributed by atoms with E-state index >= 15 is 0 Å². The first kappa shape index (κ1) is 17.1. The lowest BCUT2D eigenvalue weighted by Gasteiger charge is -2.38. The average Bonchev–Trinajstić information content (AvgIpc) is 2.57. The third kappa shape index (κ3) is 3.70. The van der Waals surface area contributed by atoms with Crippen molar-refractivity contribution in [2.45, 2.75) is 19.3 Å². The van der Waals surface area contributed by atoms with E-state index in [-0.39, 0.29) is 5.56 Å². The number of rotatable bonds is 4. The van der Waals surface area contributed by atoms with Crippen LogP contribution in [0.1, 0.15) is 29.0 Å². The minimum absolute atomic E-state index is 0.230. The summed E-state index contributed by atoms with van der Waals surface area (Å²) >= 11 is 0. The molecule has 2 aromatic carbocycles. The summed E-state index contributed by atoms with van der Waals surface area (Å²) in [5.41, 5.74) is 1.30. The molecule has 0 radical (unpaired) electrons. The van der Waals surface area contributed by atoms with Gasteiger partial charge in [0.25, 0.3) is 5.91 Å². The molecule has 0 aromatic heterocycles. The lowest BCUT2D eigenvalue weighted by atomic mass is 10.0. The third-order valence-electron chi connectivity index (χ3n) is 3.88. The second-order valence-electron chi connectivity index (χ2n) is 5.64. The molecule has 25 heavy (non-hydrogen) atoms. The second kappa shape index (κ2) is 6.66. The Kier molecular flexibility index (Phi) is 4.57. The van der Waals surface area contributed by atoms with Crippen LogP contribution in [-0.2, 0) is 0 Å². The molecule has 2 aromatic rings. The van der Waals surface area contributed by atoms with Gasteiger partial charge >= 0.3 is 6.18 Å². The third-order valence-corrected chi connectivity index (χ3v) is 3.88. The van der Waals surface area contributed by atoms with E-state index in [1.54, 1.807) is 42.5 Å². The summed E-state index contributed by atoms with van der Waals surface area (Å²) in [7, 11) is 0. The summed E-state index contributed by atoms with van der Waals surface area (Å²) in [6.45, 7) is 1.01. The lowest BCUT2D eigenvalue weighted by molar-refractivity contribution is -0.144. The molecule has 3 rings (SSSR count). The van der Waals surface area contributed by atoms with Crippen LogP contribution < -0.4 is 10.1 Å². The molecule has 0 aliphatic carbocycles. The van der Waals surface area contributed by atoms with Crippen molar-refractivity contribution in [1.29, 1.82) is 0 Å². The van der Waals surface area contributed by atoms with Crippen molar-refractivity contribution < 1.29 is 22.7 Å². The zero-order valence-corrected chi connectivity index (χ0v) is 13.5. The van der Waals surface area contributed by atoms with Crippen LogP contribution in [0.4, 0.5) is 18.9 Å². The van der Waals surface area contributed by atoms with Crippen LogP contribution in [-0.4, -0.2) is 30.1 Å². The minimum Gasteiger partial charge on any atom is -0.494 e. The molecule has 1 N–H and O–H groups in total. The van der Waals surface area contributed by atoms with Crippen LogP contribution in [0.3, 0.4) is 0 Å². The lowest BCUT2D eigenvalue weighted by Crippen LogP contribution is -2.47. The van der Waals surface area contributed by atoms with Crippen LogP contribution in [0.15, 0.2) is 48.5 Å². The number of para-hydroxylation sites is 1. The summed E-state index contributed by atoms with van der Waals surface area (Å²) in [5.74, 6) is -0.0262. The van der Waals surface area contributed by atoms with Gasteiger partial charge in [-0.2, -0.15) is 13.2 Å². The van der Waals surface area contributed by atoms with Crippen molar-refractivity contribution in [3.05, 3.63) is 59.7 Å². The van der Waals surface area contributed by atoms with Crippen molar-refractivity contribution in [3.8, 4) is 5.75 Å². The van der Waals surface area contributed by atoms with Gasteiger partial charge in [-0.1, -0.05) is 24.3 Å². The first-order valence-electron chi connectivity index (χ1n) is 7.85. The number of benzene rings is 2. The Morgan fingerprint density at radius 3 is 2.44 bits per heavy atom. The second-order valence-corrected chi connectivity index (χ2v) is 5.64. The average molecular weight is 350 g/mol. The normalized spacial score (nSPS) is 17.0. The summed E-state index contributed by atoms with van der Waals surface area (Å²) in [6, 6.07) is 13.2. The Morgan fingerprint density at radius 1 is 1.12 bits per heavy atom. The fraction of sp³-hybridized carbons (Fsp3) is 0.278. The molecule has 7 heteroatoms. The number of fused-ring (bicyclic) bond motifs is 1. The van der Waals surface area contributed by atoms with E-state index < -0.39 is 24.8 Å². The van der Waals surface area contributed by atoms with Gasteiger partial charge < -0.3 is 15.0 Å². The van der Waals surface area contributed by atoms with E-state index in [1.165, 1.54) is 6.07 Å². The predicted octanol–water partition coefficient (Wildman–Crippen LogP) is 4.21. The van der Waals surface area contributed by atoms with E-state index in [9.17, 15) is 18.0 Å².